The fraction of sp³-hybridized carbons (Fsp3) is 0.556. The molecule has 3 nitrogen and oxygen atoms in total. The van der Waals surface area contributed by atoms with E-state index in [4.69, 9.17) is 0 Å². The molecule has 0 aliphatic carbocycles. The summed E-state index contributed by atoms with van der Waals surface area (Å²) >= 11 is 4.80. The fourth-order valence-corrected chi connectivity index (χ4v) is 1.83. The normalized spacial score (nSPS) is 12.6. The Kier molecular flexibility index (Phi) is 4.07. The van der Waals surface area contributed by atoms with Gasteiger partial charge in [0.25, 0.3) is 0 Å². The maximum atomic E-state index is 11.5. The second kappa shape index (κ2) is 4.89. The van der Waals surface area contributed by atoms with Crippen LogP contribution in [0.2, 0.25) is 0 Å². The predicted octanol–water partition coefficient (Wildman–Crippen LogP) is 2.87. The number of nitrogens with zero attached hydrogens (tertiary/aromatic N) is 1. The third-order valence-electron chi connectivity index (χ3n) is 1.90. The van der Waals surface area contributed by atoms with E-state index >= 15 is 0 Å². The number of anilines is 1. The van der Waals surface area contributed by atoms with Crippen LogP contribution in [0.15, 0.2) is 0 Å². The lowest BCUT2D eigenvalue weighted by Crippen LogP contribution is -2.21. The molecule has 0 aromatic carbocycles. The summed E-state index contributed by atoms with van der Waals surface area (Å²) in [6, 6.07) is 0. The molecule has 0 bridgehead atoms. The van der Waals surface area contributed by atoms with Crippen molar-refractivity contribution in [3.63, 3.8) is 0 Å². The molecule has 1 N–H and O–H groups in total. The highest BCUT2D eigenvalue weighted by Crippen LogP contribution is 2.21. The Bertz CT molecular complexity index is 318. The van der Waals surface area contributed by atoms with Crippen LogP contribution in [0.5, 0.6) is 0 Å². The maximum absolute atomic E-state index is 11.5. The molecule has 0 fully saturated rings. The van der Waals surface area contributed by atoms with Crippen LogP contribution in [0.1, 0.15) is 23.9 Å². The molecule has 1 aromatic rings. The van der Waals surface area contributed by atoms with Gasteiger partial charge in [-0.25, -0.2) is 4.98 Å². The van der Waals surface area contributed by atoms with E-state index < -0.39 is 0 Å². The molecule has 0 unspecified atom stereocenters. The molecule has 1 rings (SSSR count). The zero-order valence-electron chi connectivity index (χ0n) is 8.43. The van der Waals surface area contributed by atoms with E-state index in [9.17, 15) is 4.79 Å². The minimum Gasteiger partial charge on any atom is -0.301 e. The van der Waals surface area contributed by atoms with Gasteiger partial charge in [0.1, 0.15) is 0 Å². The molecule has 0 saturated carbocycles. The van der Waals surface area contributed by atoms with E-state index in [0.717, 1.165) is 17.0 Å². The zero-order valence-corrected chi connectivity index (χ0v) is 10.8. The third-order valence-corrected chi connectivity index (χ3v) is 3.95. The first-order valence-electron chi connectivity index (χ1n) is 4.43. The molecule has 5 heteroatoms. The Morgan fingerprint density at radius 1 is 1.64 bits per heavy atom. The van der Waals surface area contributed by atoms with E-state index in [1.807, 2.05) is 20.8 Å². The molecule has 0 saturated heterocycles. The minimum absolute atomic E-state index is 0.0266. The van der Waals surface area contributed by atoms with Gasteiger partial charge in [-0.3, -0.25) is 4.79 Å². The van der Waals surface area contributed by atoms with Gasteiger partial charge in [-0.2, -0.15) is 0 Å². The zero-order chi connectivity index (χ0) is 10.7. The van der Waals surface area contributed by atoms with E-state index in [-0.39, 0.29) is 10.7 Å². The Morgan fingerprint density at radius 3 is 2.71 bits per heavy atom. The highest BCUT2D eigenvalue weighted by Gasteiger charge is 2.14. The van der Waals surface area contributed by atoms with Gasteiger partial charge in [0.2, 0.25) is 5.91 Å². The van der Waals surface area contributed by atoms with Crippen molar-refractivity contribution in [2.45, 2.75) is 32.0 Å². The van der Waals surface area contributed by atoms with E-state index in [1.165, 1.54) is 11.3 Å². The van der Waals surface area contributed by atoms with Gasteiger partial charge >= 0.3 is 0 Å². The summed E-state index contributed by atoms with van der Waals surface area (Å²) in [5.41, 5.74) is 0.980. The Morgan fingerprint density at radius 2 is 2.29 bits per heavy atom. The number of carbonyl (C=O) groups excluding carboxylic acids is 1. The summed E-state index contributed by atoms with van der Waals surface area (Å²) in [5.74, 6) is -0.0266. The van der Waals surface area contributed by atoms with Gasteiger partial charge in [-0.1, -0.05) is 22.9 Å². The molecule has 1 heterocycles. The van der Waals surface area contributed by atoms with Crippen molar-refractivity contribution in [1.82, 2.24) is 4.98 Å². The van der Waals surface area contributed by atoms with Crippen molar-refractivity contribution < 1.29 is 4.79 Å². The predicted molar refractivity (Wildman–Crippen MR) is 63.2 cm³/mol. The number of hydrogen-bond acceptors (Lipinski definition) is 3. The van der Waals surface area contributed by atoms with Gasteiger partial charge in [-0.15, -0.1) is 11.3 Å². The summed E-state index contributed by atoms with van der Waals surface area (Å²) in [7, 11) is 0. The summed E-state index contributed by atoms with van der Waals surface area (Å²) < 4.78 is 0. The molecule has 0 radical (unpaired) electrons. The van der Waals surface area contributed by atoms with Crippen molar-refractivity contribution in [3.8, 4) is 0 Å². The average Bonchev–Trinajstić information content (AvgIpc) is 2.44. The van der Waals surface area contributed by atoms with Crippen LogP contribution in [-0.2, 0) is 4.79 Å². The van der Waals surface area contributed by atoms with Crippen LogP contribution in [0.25, 0.3) is 0 Å². The summed E-state index contributed by atoms with van der Waals surface area (Å²) in [6.07, 6.45) is 0.773. The summed E-state index contributed by atoms with van der Waals surface area (Å²) in [4.78, 5) is 16.7. The van der Waals surface area contributed by atoms with Crippen molar-refractivity contribution in [3.05, 3.63) is 10.6 Å². The van der Waals surface area contributed by atoms with Crippen LogP contribution in [0.3, 0.4) is 0 Å². The number of aromatic nitrogens is 1. The van der Waals surface area contributed by atoms with Crippen molar-refractivity contribution in [2.75, 3.05) is 5.32 Å². The number of rotatable bonds is 3. The number of nitrogens with one attached hydrogen (secondary N) is 1. The average molecular weight is 277 g/mol. The van der Waals surface area contributed by atoms with E-state index in [0.29, 0.717) is 5.13 Å². The number of hydrogen-bond donors (Lipinski definition) is 1. The van der Waals surface area contributed by atoms with Crippen molar-refractivity contribution >= 4 is 38.3 Å². The first-order chi connectivity index (χ1) is 6.54. The number of alkyl halides is 1. The van der Waals surface area contributed by atoms with Crippen molar-refractivity contribution in [2.24, 2.45) is 0 Å². The quantitative estimate of drug-likeness (QED) is 0.863. The molecule has 1 amide bonds. The topological polar surface area (TPSA) is 42.0 Å². The molecular weight excluding hydrogens is 264 g/mol. The largest absolute Gasteiger partial charge is 0.301 e. The third kappa shape index (κ3) is 2.78. The van der Waals surface area contributed by atoms with Gasteiger partial charge in [0.15, 0.2) is 5.13 Å². The molecule has 1 aromatic heterocycles. The second-order valence-electron chi connectivity index (χ2n) is 3.03. The first-order valence-corrected chi connectivity index (χ1v) is 6.16. The minimum atomic E-state index is -0.132. The molecule has 14 heavy (non-hydrogen) atoms. The monoisotopic (exact) mass is 276 g/mol. The number of halogens is 1. The molecule has 0 aliphatic rings. The van der Waals surface area contributed by atoms with Crippen LogP contribution in [-0.4, -0.2) is 15.7 Å². The van der Waals surface area contributed by atoms with Gasteiger partial charge in [0, 0.05) is 4.88 Å². The molecule has 1 atom stereocenters. The van der Waals surface area contributed by atoms with Gasteiger partial charge in [0.05, 0.1) is 10.5 Å². The summed E-state index contributed by atoms with van der Waals surface area (Å²) in [5, 5.41) is 3.46. The first kappa shape index (κ1) is 11.7. The highest BCUT2D eigenvalue weighted by atomic mass is 79.9. The van der Waals surface area contributed by atoms with Crippen LogP contribution in [0.4, 0.5) is 5.13 Å². The number of amides is 1. The molecule has 0 spiro atoms. The molecule has 78 valence electrons. The maximum Gasteiger partial charge on any atom is 0.239 e. The second-order valence-corrected chi connectivity index (χ2v) is 5.33. The smallest absolute Gasteiger partial charge is 0.239 e. The number of aryl methyl sites for hydroxylation is 2. The van der Waals surface area contributed by atoms with Crippen LogP contribution in [0, 0.1) is 13.8 Å². The fourth-order valence-electron chi connectivity index (χ4n) is 0.895. The van der Waals surface area contributed by atoms with E-state index in [2.05, 4.69) is 26.2 Å². The van der Waals surface area contributed by atoms with Gasteiger partial charge in [-0.05, 0) is 20.3 Å². The number of carbonyl (C=O) groups is 1. The van der Waals surface area contributed by atoms with Crippen LogP contribution < -0.4 is 5.32 Å². The SMILES string of the molecule is CC[C@H](Br)C(=O)Nc1nc(C)c(C)s1. The summed E-state index contributed by atoms with van der Waals surface area (Å²) in [6.45, 7) is 5.89. The lowest BCUT2D eigenvalue weighted by molar-refractivity contribution is -0.115. The molecule has 0 aliphatic heterocycles. The van der Waals surface area contributed by atoms with Crippen LogP contribution >= 0.6 is 27.3 Å². The highest BCUT2D eigenvalue weighted by molar-refractivity contribution is 9.10. The van der Waals surface area contributed by atoms with E-state index in [1.54, 1.807) is 0 Å². The Hall–Kier alpha value is -0.420. The standard InChI is InChI=1S/C9H13BrN2OS/c1-4-7(10)8(13)12-9-11-5(2)6(3)14-9/h7H,4H2,1-3H3,(H,11,12,13)/t7-/m0/s1. The number of thiazole rings is 1. The Labute approximate surface area is 96.1 Å². The lowest BCUT2D eigenvalue weighted by Gasteiger charge is -2.04. The van der Waals surface area contributed by atoms with Crippen molar-refractivity contribution in [1.29, 1.82) is 0 Å². The molecular formula is C9H13BrN2OS. The van der Waals surface area contributed by atoms with Gasteiger partial charge < -0.3 is 5.32 Å². The Balaban J connectivity index is 2.65. The lowest BCUT2D eigenvalue weighted by atomic mass is 10.3.